The Balaban J connectivity index is 2.48. The summed E-state index contributed by atoms with van der Waals surface area (Å²) in [4.78, 5) is 6.92. The number of hydrogen-bond acceptors (Lipinski definition) is 7. The molecule has 0 spiro atoms. The number of rotatable bonds is 5. The molecule has 0 fully saturated rings. The van der Waals surface area contributed by atoms with Gasteiger partial charge >= 0.3 is 0 Å². The second kappa shape index (κ2) is 5.83. The summed E-state index contributed by atoms with van der Waals surface area (Å²) in [5, 5.41) is 0. The fourth-order valence-corrected chi connectivity index (χ4v) is 2.44. The summed E-state index contributed by atoms with van der Waals surface area (Å²) in [6.45, 7) is 0. The lowest BCUT2D eigenvalue weighted by molar-refractivity contribution is 0.342. The van der Waals surface area contributed by atoms with Crippen LogP contribution in [-0.4, -0.2) is 32.5 Å². The van der Waals surface area contributed by atoms with E-state index in [2.05, 4.69) is 19.4 Å². The van der Waals surface area contributed by atoms with E-state index in [0.717, 1.165) is 6.33 Å². The van der Waals surface area contributed by atoms with E-state index in [1.807, 2.05) is 4.72 Å². The lowest BCUT2D eigenvalue weighted by Crippen LogP contribution is -2.15. The summed E-state index contributed by atoms with van der Waals surface area (Å²) in [6, 6.07) is 5.11. The van der Waals surface area contributed by atoms with Crippen LogP contribution < -0.4 is 19.9 Å². The van der Waals surface area contributed by atoms with E-state index in [1.165, 1.54) is 24.3 Å². The van der Waals surface area contributed by atoms with E-state index < -0.39 is 41.5 Å². The predicted molar refractivity (Wildman–Crippen MR) is 76.8 cm³/mol. The van der Waals surface area contributed by atoms with Gasteiger partial charge in [-0.15, -0.1) is 0 Å². The maximum absolute atomic E-state index is 12.5. The van der Waals surface area contributed by atoms with E-state index in [-0.39, 0.29) is 4.90 Å². The highest BCUT2D eigenvalue weighted by molar-refractivity contribution is 7.92. The second-order valence-electron chi connectivity index (χ2n) is 3.74. The molecule has 3 N–H and O–H groups in total. The molecule has 21 heavy (non-hydrogen) atoms. The number of sulfonamides is 1. The first-order chi connectivity index (χ1) is 12.3. The van der Waals surface area contributed by atoms with Gasteiger partial charge in [0, 0.05) is 5.69 Å². The highest BCUT2D eigenvalue weighted by Gasteiger charge is 2.20. The number of ether oxygens (including phenoxy) is 2. The molecule has 0 unspecified atom stereocenters. The van der Waals surface area contributed by atoms with Crippen LogP contribution in [0, 0.1) is 0 Å². The Bertz CT molecular complexity index is 915. The first kappa shape index (κ1) is 8.67. The minimum Gasteiger partial charge on any atom is -0.489 e. The average Bonchev–Trinajstić information content (AvgIpc) is 2.48. The third-order valence-electron chi connectivity index (χ3n) is 2.39. The van der Waals surface area contributed by atoms with Crippen molar-refractivity contribution >= 4 is 21.5 Å². The number of nitrogens with zero attached hydrogens (tertiary/aromatic N) is 2. The van der Waals surface area contributed by atoms with Crippen molar-refractivity contribution in [2.45, 2.75) is 4.90 Å². The van der Waals surface area contributed by atoms with E-state index in [9.17, 15) is 8.42 Å². The van der Waals surface area contributed by atoms with Crippen molar-refractivity contribution in [3.05, 3.63) is 30.6 Å². The van der Waals surface area contributed by atoms with Crippen LogP contribution in [0.4, 0.5) is 11.5 Å². The van der Waals surface area contributed by atoms with Gasteiger partial charge in [0.2, 0.25) is 5.75 Å². The molecule has 2 rings (SSSR count). The summed E-state index contributed by atoms with van der Waals surface area (Å²) in [6.07, 6.45) is 0.786. The Morgan fingerprint density at radius 3 is 2.57 bits per heavy atom. The van der Waals surface area contributed by atoms with Gasteiger partial charge in [-0.3, -0.25) is 4.72 Å². The van der Waals surface area contributed by atoms with Gasteiger partial charge in [0.1, 0.15) is 6.33 Å². The van der Waals surface area contributed by atoms with Gasteiger partial charge < -0.3 is 15.2 Å². The Morgan fingerprint density at radius 2 is 1.90 bits per heavy atom. The standard InChI is InChI=1S/C12H14N4O4S/c1-19-10-11(14-7-15-12(10)20-2)16-21(17,18)9-5-3-8(13)4-6-9/h3-7H,13H2,1-2H3,(H,14,15,16)/i1D3,2D3. The fourth-order valence-electron chi connectivity index (χ4n) is 1.43. The minimum absolute atomic E-state index is 0.201. The van der Waals surface area contributed by atoms with E-state index >= 15 is 0 Å². The molecule has 0 amide bonds. The lowest BCUT2D eigenvalue weighted by atomic mass is 10.3. The average molecular weight is 316 g/mol. The van der Waals surface area contributed by atoms with Crippen LogP contribution in [0.25, 0.3) is 0 Å². The molecule has 1 aromatic carbocycles. The Morgan fingerprint density at radius 1 is 1.19 bits per heavy atom. The Hall–Kier alpha value is -2.55. The van der Waals surface area contributed by atoms with Crippen LogP contribution in [0.3, 0.4) is 0 Å². The van der Waals surface area contributed by atoms with Gasteiger partial charge in [-0.05, 0) is 24.3 Å². The molecule has 0 aliphatic heterocycles. The highest BCUT2D eigenvalue weighted by atomic mass is 32.2. The van der Waals surface area contributed by atoms with E-state index in [4.69, 9.17) is 14.0 Å². The smallest absolute Gasteiger partial charge is 0.263 e. The molecule has 1 aromatic heterocycles. The molecule has 0 bridgehead atoms. The van der Waals surface area contributed by atoms with Gasteiger partial charge in [0.25, 0.3) is 15.9 Å². The molecular weight excluding hydrogens is 296 g/mol. The predicted octanol–water partition coefficient (Wildman–Crippen LogP) is 0.877. The summed E-state index contributed by atoms with van der Waals surface area (Å²) in [5.74, 6) is -2.18. The van der Waals surface area contributed by atoms with Crippen molar-refractivity contribution in [1.82, 2.24) is 9.97 Å². The molecule has 9 heteroatoms. The maximum atomic E-state index is 12.5. The third kappa shape index (κ3) is 3.14. The van der Waals surface area contributed by atoms with Gasteiger partial charge in [0.05, 0.1) is 27.2 Å². The molecule has 0 saturated heterocycles. The second-order valence-corrected chi connectivity index (χ2v) is 5.42. The third-order valence-corrected chi connectivity index (χ3v) is 3.75. The first-order valence-electron chi connectivity index (χ1n) is 8.38. The number of nitrogens with two attached hydrogens (primary N) is 1. The Labute approximate surface area is 130 Å². The zero-order valence-corrected chi connectivity index (χ0v) is 11.2. The Kier molecular flexibility index (Phi) is 2.41. The highest BCUT2D eigenvalue weighted by Crippen LogP contribution is 2.31. The first-order valence-corrected chi connectivity index (χ1v) is 6.86. The molecule has 0 saturated carbocycles. The maximum Gasteiger partial charge on any atom is 0.263 e. The zero-order valence-electron chi connectivity index (χ0n) is 16.4. The topological polar surface area (TPSA) is 116 Å². The number of methoxy groups -OCH3 is 2. The normalized spacial score (nSPS) is 16.4. The van der Waals surface area contributed by atoms with Gasteiger partial charge in [-0.1, -0.05) is 0 Å². The lowest BCUT2D eigenvalue weighted by Gasteiger charge is -2.12. The molecule has 1 heterocycles. The van der Waals surface area contributed by atoms with Crippen LogP contribution in [0.1, 0.15) is 8.22 Å². The largest absolute Gasteiger partial charge is 0.489 e. The van der Waals surface area contributed by atoms with Crippen molar-refractivity contribution in [1.29, 1.82) is 0 Å². The number of nitrogen functional groups attached to an aromatic ring is 1. The van der Waals surface area contributed by atoms with Crippen molar-refractivity contribution in [2.75, 3.05) is 24.5 Å². The van der Waals surface area contributed by atoms with E-state index in [0.29, 0.717) is 5.69 Å². The SMILES string of the molecule is [2H]C([2H])([2H])Oc1ncnc(NS(=O)(=O)c2ccc(N)cc2)c1OC([2H])([2H])[2H]. The number of aromatic nitrogens is 2. The van der Waals surface area contributed by atoms with Crippen molar-refractivity contribution in [3.8, 4) is 11.6 Å². The minimum atomic E-state index is -4.22. The van der Waals surface area contributed by atoms with Crippen LogP contribution in [-0.2, 0) is 10.0 Å². The number of benzene rings is 1. The fraction of sp³-hybridized carbons (Fsp3) is 0.167. The van der Waals surface area contributed by atoms with Crippen molar-refractivity contribution in [3.63, 3.8) is 0 Å². The van der Waals surface area contributed by atoms with Gasteiger partial charge in [0.15, 0.2) is 5.82 Å². The van der Waals surface area contributed by atoms with E-state index in [1.54, 1.807) is 0 Å². The van der Waals surface area contributed by atoms with Crippen LogP contribution >= 0.6 is 0 Å². The summed E-state index contributed by atoms with van der Waals surface area (Å²) in [7, 11) is -10.3. The molecule has 2 aromatic rings. The van der Waals surface area contributed by atoms with Gasteiger partial charge in [-0.2, -0.15) is 4.98 Å². The molecular formula is C12H14N4O4S. The van der Waals surface area contributed by atoms with Crippen LogP contribution in [0.5, 0.6) is 11.6 Å². The molecule has 0 aliphatic rings. The van der Waals surface area contributed by atoms with Crippen molar-refractivity contribution < 1.29 is 26.1 Å². The molecule has 112 valence electrons. The number of nitrogens with one attached hydrogen (secondary N) is 1. The zero-order chi connectivity index (χ0) is 20.5. The monoisotopic (exact) mass is 316 g/mol. The summed E-state index contributed by atoms with van der Waals surface area (Å²) in [5.41, 5.74) is 5.84. The van der Waals surface area contributed by atoms with Crippen LogP contribution in [0.15, 0.2) is 35.5 Å². The quantitative estimate of drug-likeness (QED) is 0.786. The number of anilines is 2. The molecule has 0 radical (unpaired) electrons. The number of hydrogen-bond donors (Lipinski definition) is 2. The summed E-state index contributed by atoms with van der Waals surface area (Å²) < 4.78 is 79.0. The molecule has 0 atom stereocenters. The van der Waals surface area contributed by atoms with Crippen molar-refractivity contribution in [2.24, 2.45) is 0 Å². The molecule has 0 aliphatic carbocycles. The molecule has 8 nitrogen and oxygen atoms in total. The summed E-state index contributed by atoms with van der Waals surface area (Å²) >= 11 is 0. The van der Waals surface area contributed by atoms with Crippen LogP contribution in [0.2, 0.25) is 0 Å². The van der Waals surface area contributed by atoms with Gasteiger partial charge in [-0.25, -0.2) is 13.4 Å².